The Morgan fingerprint density at radius 2 is 2.18 bits per heavy atom. The van der Waals surface area contributed by atoms with Crippen molar-refractivity contribution in [2.75, 3.05) is 0 Å². The minimum atomic E-state index is -3.23. The topological polar surface area (TPSA) is 47.0 Å². The van der Waals surface area contributed by atoms with E-state index in [0.29, 0.717) is 0 Å². The first-order chi connectivity index (χ1) is 5.17. The Labute approximate surface area is 66.0 Å². The van der Waals surface area contributed by atoms with Crippen LogP contribution in [0.25, 0.3) is 0 Å². The summed E-state index contributed by atoms with van der Waals surface area (Å²) in [6, 6.07) is 4.79. The fourth-order valence-corrected chi connectivity index (χ4v) is 1.35. The summed E-state index contributed by atoms with van der Waals surface area (Å²) in [7, 11) is -3.23. The minimum absolute atomic E-state index is 0.0995. The molecule has 0 saturated carbocycles. The molecule has 3 nitrogen and oxygen atoms in total. The molecule has 0 amide bonds. The molecule has 11 heavy (non-hydrogen) atoms. The Bertz CT molecular complexity index is 318. The highest BCUT2D eigenvalue weighted by molar-refractivity contribution is 7.93. The van der Waals surface area contributed by atoms with Crippen LogP contribution in [-0.4, -0.2) is 13.4 Å². The lowest BCUT2D eigenvalue weighted by molar-refractivity contribution is 0.598. The molecule has 0 aliphatic heterocycles. The van der Waals surface area contributed by atoms with Gasteiger partial charge < -0.3 is 0 Å². The van der Waals surface area contributed by atoms with Crippen molar-refractivity contribution in [1.29, 1.82) is 0 Å². The van der Waals surface area contributed by atoms with Crippen LogP contribution in [0.5, 0.6) is 0 Å². The zero-order valence-corrected chi connectivity index (χ0v) is 6.88. The molecule has 4 heteroatoms. The number of sulfone groups is 1. The summed E-state index contributed by atoms with van der Waals surface area (Å²) >= 11 is 0. The predicted molar refractivity (Wildman–Crippen MR) is 41.4 cm³/mol. The van der Waals surface area contributed by atoms with Crippen LogP contribution in [0.1, 0.15) is 6.92 Å². The van der Waals surface area contributed by atoms with Crippen molar-refractivity contribution in [1.82, 2.24) is 4.98 Å². The average molecular weight is 170 g/mol. The summed E-state index contributed by atoms with van der Waals surface area (Å²) in [5, 5.41) is 0.0995. The smallest absolute Gasteiger partial charge is 0.199 e. The summed E-state index contributed by atoms with van der Waals surface area (Å²) < 4.78 is 22.2. The zero-order valence-electron chi connectivity index (χ0n) is 6.06. The van der Waals surface area contributed by atoms with Crippen LogP contribution in [-0.2, 0) is 9.84 Å². The maximum Gasteiger partial charge on any atom is 0.199 e. The summed E-state index contributed by atoms with van der Waals surface area (Å²) in [4.78, 5) is 3.70. The molecule has 1 heterocycles. The van der Waals surface area contributed by atoms with E-state index < -0.39 is 9.84 Å². The van der Waals surface area contributed by atoms with Gasteiger partial charge in [0.2, 0.25) is 0 Å². The minimum Gasteiger partial charge on any atom is -0.245 e. The van der Waals surface area contributed by atoms with Crippen molar-refractivity contribution in [3.8, 4) is 0 Å². The summed E-state index contributed by atoms with van der Waals surface area (Å²) in [6.07, 6.45) is 1.45. The second kappa shape index (κ2) is 3.00. The largest absolute Gasteiger partial charge is 0.245 e. The number of rotatable bonds is 2. The lowest BCUT2D eigenvalue weighted by Crippen LogP contribution is -2.00. The van der Waals surface area contributed by atoms with Gasteiger partial charge in [0, 0.05) is 6.20 Å². The van der Waals surface area contributed by atoms with E-state index in [1.54, 1.807) is 12.1 Å². The molecule has 0 aromatic carbocycles. The maximum absolute atomic E-state index is 11.1. The third-order valence-electron chi connectivity index (χ3n) is 1.24. The molecule has 0 aliphatic carbocycles. The zero-order chi connectivity index (χ0) is 8.32. The number of nitrogens with zero attached hydrogens (tertiary/aromatic N) is 1. The quantitative estimate of drug-likeness (QED) is 0.666. The molecule has 1 radical (unpaired) electrons. The van der Waals surface area contributed by atoms with E-state index in [4.69, 9.17) is 0 Å². The van der Waals surface area contributed by atoms with Crippen LogP contribution < -0.4 is 0 Å². The molecule has 0 unspecified atom stereocenters. The molecular weight excluding hydrogens is 162 g/mol. The van der Waals surface area contributed by atoms with Gasteiger partial charge in [-0.25, -0.2) is 13.4 Å². The fraction of sp³-hybridized carbons (Fsp3) is 0.143. The van der Waals surface area contributed by atoms with Gasteiger partial charge in [0.25, 0.3) is 0 Å². The molecule has 0 fully saturated rings. The third kappa shape index (κ3) is 1.77. The molecule has 0 aliphatic rings. The summed E-state index contributed by atoms with van der Waals surface area (Å²) in [5.74, 6) is 1.13. The van der Waals surface area contributed by atoms with E-state index in [0.717, 1.165) is 5.75 Å². The fourth-order valence-electron chi connectivity index (χ4n) is 0.636. The van der Waals surface area contributed by atoms with Crippen LogP contribution in [0.3, 0.4) is 0 Å². The van der Waals surface area contributed by atoms with E-state index >= 15 is 0 Å². The monoisotopic (exact) mass is 170 g/mol. The lowest BCUT2D eigenvalue weighted by Gasteiger charge is -1.96. The van der Waals surface area contributed by atoms with E-state index in [9.17, 15) is 8.42 Å². The van der Waals surface area contributed by atoms with Gasteiger partial charge >= 0.3 is 0 Å². The highest BCUT2D eigenvalue weighted by Gasteiger charge is 2.11. The molecular formula is C7H8NO2S. The molecule has 0 spiro atoms. The van der Waals surface area contributed by atoms with Gasteiger partial charge in [-0.3, -0.25) is 0 Å². The summed E-state index contributed by atoms with van der Waals surface area (Å²) in [5.41, 5.74) is 0. The van der Waals surface area contributed by atoms with E-state index in [1.807, 2.05) is 0 Å². The number of hydrogen-bond donors (Lipinski definition) is 0. The molecule has 1 aromatic rings. The average Bonchev–Trinajstić information content (AvgIpc) is 2.06. The lowest BCUT2D eigenvalue weighted by atomic mass is 10.5. The Kier molecular flexibility index (Phi) is 2.24. The Hall–Kier alpha value is -0.900. The number of hydrogen-bond acceptors (Lipinski definition) is 3. The van der Waals surface area contributed by atoms with Crippen molar-refractivity contribution >= 4 is 9.84 Å². The molecule has 1 rings (SSSR count). The van der Waals surface area contributed by atoms with Crippen molar-refractivity contribution in [3.05, 3.63) is 30.1 Å². The standard InChI is InChI=1S/C7H8NO2S/c1-2-11(9,10)7-5-3-4-6-8-7/h2-6H,1H3. The second-order valence-electron chi connectivity index (χ2n) is 1.95. The molecule has 0 N–H and O–H groups in total. The van der Waals surface area contributed by atoms with Crippen LogP contribution in [0.15, 0.2) is 29.4 Å². The normalized spacial score (nSPS) is 11.4. The predicted octanol–water partition coefficient (Wildman–Crippen LogP) is 1.04. The van der Waals surface area contributed by atoms with E-state index in [-0.39, 0.29) is 5.03 Å². The van der Waals surface area contributed by atoms with Gasteiger partial charge in [0.15, 0.2) is 14.9 Å². The first-order valence-electron chi connectivity index (χ1n) is 3.12. The first-order valence-corrected chi connectivity index (χ1v) is 4.67. The van der Waals surface area contributed by atoms with Crippen molar-refractivity contribution < 1.29 is 8.42 Å². The van der Waals surface area contributed by atoms with Crippen LogP contribution in [0.4, 0.5) is 0 Å². The highest BCUT2D eigenvalue weighted by Crippen LogP contribution is 2.07. The third-order valence-corrected chi connectivity index (χ3v) is 2.68. The van der Waals surface area contributed by atoms with E-state index in [2.05, 4.69) is 4.98 Å². The van der Waals surface area contributed by atoms with Gasteiger partial charge in [-0.05, 0) is 19.1 Å². The van der Waals surface area contributed by atoms with E-state index in [1.165, 1.54) is 19.2 Å². The second-order valence-corrected chi connectivity index (χ2v) is 3.93. The SMILES string of the molecule is C[CH]S(=O)(=O)c1ccccn1. The van der Waals surface area contributed by atoms with Gasteiger partial charge in [-0.2, -0.15) is 0 Å². The Balaban J connectivity index is 3.14. The molecule has 0 saturated heterocycles. The molecule has 59 valence electrons. The number of aromatic nitrogens is 1. The molecule has 1 aromatic heterocycles. The van der Waals surface area contributed by atoms with Crippen LogP contribution >= 0.6 is 0 Å². The van der Waals surface area contributed by atoms with Gasteiger partial charge in [-0.1, -0.05) is 6.07 Å². The molecule has 0 bridgehead atoms. The van der Waals surface area contributed by atoms with Crippen molar-refractivity contribution in [2.45, 2.75) is 11.9 Å². The Morgan fingerprint density at radius 3 is 2.64 bits per heavy atom. The van der Waals surface area contributed by atoms with Crippen molar-refractivity contribution in [3.63, 3.8) is 0 Å². The van der Waals surface area contributed by atoms with Crippen LogP contribution in [0.2, 0.25) is 0 Å². The van der Waals surface area contributed by atoms with Crippen molar-refractivity contribution in [2.24, 2.45) is 0 Å². The first kappa shape index (κ1) is 8.20. The van der Waals surface area contributed by atoms with Gasteiger partial charge in [0.05, 0.1) is 5.75 Å². The highest BCUT2D eigenvalue weighted by atomic mass is 32.2. The Morgan fingerprint density at radius 1 is 1.45 bits per heavy atom. The summed E-state index contributed by atoms with van der Waals surface area (Å²) in [6.45, 7) is 1.48. The maximum atomic E-state index is 11.1. The van der Waals surface area contributed by atoms with Crippen LogP contribution in [0, 0.1) is 5.75 Å². The van der Waals surface area contributed by atoms with Gasteiger partial charge in [-0.15, -0.1) is 0 Å². The number of pyridine rings is 1. The van der Waals surface area contributed by atoms with Gasteiger partial charge in [0.1, 0.15) is 0 Å². The molecule has 0 atom stereocenters.